The van der Waals surface area contributed by atoms with Gasteiger partial charge in [0.2, 0.25) is 0 Å². The number of esters is 4. The number of hydrogen-bond acceptors (Lipinski definition) is 15. The fraction of sp³-hybridized carbons (Fsp3) is 0.477. The molecule has 60 heavy (non-hydrogen) atoms. The molecule has 3 heterocycles. The summed E-state index contributed by atoms with van der Waals surface area (Å²) >= 11 is 5.82. The van der Waals surface area contributed by atoms with Crippen molar-refractivity contribution in [3.8, 4) is 0 Å². The third-order valence-electron chi connectivity index (χ3n) is 10.6. The van der Waals surface area contributed by atoms with Gasteiger partial charge in [-0.1, -0.05) is 78.9 Å². The van der Waals surface area contributed by atoms with Gasteiger partial charge in [-0.25, -0.2) is 0 Å². The second-order valence-electron chi connectivity index (χ2n) is 15.2. The predicted octanol–water partition coefficient (Wildman–Crippen LogP) is 4.44. The number of ether oxygens (including phenoxy) is 7. The summed E-state index contributed by atoms with van der Waals surface area (Å²) in [5, 5.41) is 23.4. The molecule has 1 unspecified atom stereocenters. The zero-order chi connectivity index (χ0) is 42.9. The summed E-state index contributed by atoms with van der Waals surface area (Å²) in [6.07, 6.45) is -7.38. The molecule has 0 radical (unpaired) electrons. The standard InChI is InChI=1S/C44H52N2O13S/c1-25(48)53-24-37-42(55-27(3)50)43(56-28(4)51)41(54-26(2)49)35(57-37)20-38(60)45-33-12-8-11-32(19-33)44-58-36(22-46-18-17-34(52)21-46)39(30-9-6-5-7-10-30)40(59-44)31-15-13-29(23-47)14-16-31/h5-16,19,34-37,39-44,47,52H,17-18,20-24H2,1-4H3,(H,45,60)/t34-,35+,36-,37-,39-,40+,41+,42-,43-,44?/m1/s1. The third-order valence-corrected chi connectivity index (χ3v) is 10.8. The van der Waals surface area contributed by atoms with E-state index in [9.17, 15) is 29.4 Å². The smallest absolute Gasteiger partial charge is 0.303 e. The van der Waals surface area contributed by atoms with Crippen molar-refractivity contribution in [2.75, 3.05) is 31.6 Å². The Hall–Kier alpha value is -4.81. The number of nitrogens with one attached hydrogen (secondary N) is 1. The van der Waals surface area contributed by atoms with Gasteiger partial charge in [0.1, 0.15) is 18.8 Å². The van der Waals surface area contributed by atoms with Gasteiger partial charge >= 0.3 is 23.9 Å². The zero-order valence-corrected chi connectivity index (χ0v) is 34.8. The monoisotopic (exact) mass is 848 g/mol. The first-order valence-electron chi connectivity index (χ1n) is 19.9. The minimum absolute atomic E-state index is 0.0521. The number of carbonyl (C=O) groups is 4. The van der Waals surface area contributed by atoms with Crippen molar-refractivity contribution < 1.29 is 62.5 Å². The Morgan fingerprint density at radius 2 is 1.40 bits per heavy atom. The van der Waals surface area contributed by atoms with Crippen LogP contribution in [-0.2, 0) is 58.9 Å². The maximum Gasteiger partial charge on any atom is 0.303 e. The number of carbonyl (C=O) groups excluding carboxylic acids is 4. The largest absolute Gasteiger partial charge is 0.463 e. The van der Waals surface area contributed by atoms with Crippen LogP contribution >= 0.6 is 12.2 Å². The summed E-state index contributed by atoms with van der Waals surface area (Å²) < 4.78 is 41.9. The first-order valence-corrected chi connectivity index (χ1v) is 20.3. The number of nitrogens with zero attached hydrogens (tertiary/aromatic N) is 1. The van der Waals surface area contributed by atoms with Gasteiger partial charge in [-0.05, 0) is 35.2 Å². The van der Waals surface area contributed by atoms with E-state index in [2.05, 4.69) is 22.3 Å². The van der Waals surface area contributed by atoms with E-state index in [1.165, 1.54) is 13.8 Å². The van der Waals surface area contributed by atoms with Crippen molar-refractivity contribution in [2.24, 2.45) is 0 Å². The van der Waals surface area contributed by atoms with Crippen LogP contribution in [0.4, 0.5) is 5.69 Å². The van der Waals surface area contributed by atoms with Crippen LogP contribution in [0.15, 0.2) is 78.9 Å². The van der Waals surface area contributed by atoms with E-state index in [1.807, 2.05) is 66.7 Å². The van der Waals surface area contributed by atoms with Crippen LogP contribution in [0.2, 0.25) is 0 Å². The lowest BCUT2D eigenvalue weighted by Gasteiger charge is -2.44. The maximum atomic E-state index is 12.4. The summed E-state index contributed by atoms with van der Waals surface area (Å²) in [6, 6.07) is 25.2. The van der Waals surface area contributed by atoms with E-state index in [0.717, 1.165) is 37.1 Å². The van der Waals surface area contributed by atoms with E-state index in [0.29, 0.717) is 30.8 Å². The topological polar surface area (TPSA) is 189 Å². The van der Waals surface area contributed by atoms with Gasteiger partial charge in [-0.2, -0.15) is 0 Å². The number of β-amino-alcohol motifs (C(OH)–C–C–N with tert-alkyl or cyclic N) is 1. The molecule has 3 fully saturated rings. The lowest BCUT2D eigenvalue weighted by molar-refractivity contribution is -0.263. The van der Waals surface area contributed by atoms with Gasteiger partial charge < -0.3 is 48.7 Å². The van der Waals surface area contributed by atoms with Gasteiger partial charge in [-0.3, -0.25) is 24.1 Å². The molecule has 3 aromatic carbocycles. The molecule has 10 atom stereocenters. The maximum absolute atomic E-state index is 12.4. The molecule has 0 amide bonds. The van der Waals surface area contributed by atoms with Crippen LogP contribution in [0.1, 0.15) is 81.1 Å². The average molecular weight is 849 g/mol. The number of aliphatic hydroxyl groups excluding tert-OH is 2. The lowest BCUT2D eigenvalue weighted by Crippen LogP contribution is -2.62. The number of thiocarbonyl (C=S) groups is 1. The molecule has 3 aliphatic heterocycles. The molecule has 3 aromatic rings. The van der Waals surface area contributed by atoms with Crippen LogP contribution in [0.5, 0.6) is 0 Å². The highest BCUT2D eigenvalue weighted by Crippen LogP contribution is 2.47. The molecule has 16 heteroatoms. The molecule has 0 aliphatic carbocycles. The Balaban J connectivity index is 1.26. The third kappa shape index (κ3) is 11.7. The summed E-state index contributed by atoms with van der Waals surface area (Å²) in [4.78, 5) is 51.1. The Morgan fingerprint density at radius 1 is 0.750 bits per heavy atom. The number of anilines is 1. The fourth-order valence-corrected chi connectivity index (χ4v) is 8.32. The van der Waals surface area contributed by atoms with E-state index in [-0.39, 0.29) is 36.6 Å². The van der Waals surface area contributed by atoms with Gasteiger partial charge in [0, 0.05) is 70.9 Å². The molecule has 3 N–H and O–H groups in total. The SMILES string of the molecule is CC(=O)OC[C@H]1O[C@@H](CC(=S)Nc2cccc(C3O[C@H](CN4CC[C@@H](O)C4)[C@@H](c4ccccc4)[C@H](c4ccc(CO)cc4)O3)c2)[C@H](OC(C)=O)[C@@H](OC(C)=O)[C@@H]1OC(C)=O. The van der Waals surface area contributed by atoms with Gasteiger partial charge in [0.15, 0.2) is 24.6 Å². The Morgan fingerprint density at radius 3 is 2.02 bits per heavy atom. The molecule has 3 aliphatic rings. The number of hydrogen-bond donors (Lipinski definition) is 3. The van der Waals surface area contributed by atoms with Crippen LogP contribution < -0.4 is 5.32 Å². The highest BCUT2D eigenvalue weighted by Gasteiger charge is 2.52. The number of rotatable bonds is 14. The Kier molecular flexibility index (Phi) is 15.4. The Bertz CT molecular complexity index is 1970. The molecule has 3 saturated heterocycles. The first-order chi connectivity index (χ1) is 28.8. The van der Waals surface area contributed by atoms with Crippen LogP contribution in [0, 0.1) is 0 Å². The van der Waals surface area contributed by atoms with Crippen molar-refractivity contribution in [1.82, 2.24) is 4.90 Å². The molecule has 322 valence electrons. The number of aliphatic hydroxyl groups is 2. The molecule has 15 nitrogen and oxygen atoms in total. The van der Waals surface area contributed by atoms with Gasteiger partial charge in [0.25, 0.3) is 0 Å². The van der Waals surface area contributed by atoms with E-state index in [1.54, 1.807) is 0 Å². The summed E-state index contributed by atoms with van der Waals surface area (Å²) in [5.74, 6) is -2.99. The second kappa shape index (κ2) is 20.6. The second-order valence-corrected chi connectivity index (χ2v) is 15.7. The van der Waals surface area contributed by atoms with Crippen molar-refractivity contribution in [2.45, 2.75) is 108 Å². The lowest BCUT2D eigenvalue weighted by atomic mass is 9.83. The number of benzene rings is 3. The highest BCUT2D eigenvalue weighted by molar-refractivity contribution is 7.80. The summed E-state index contributed by atoms with van der Waals surface area (Å²) in [7, 11) is 0. The molecular weight excluding hydrogens is 797 g/mol. The summed E-state index contributed by atoms with van der Waals surface area (Å²) in [5.41, 5.74) is 4.02. The van der Waals surface area contributed by atoms with Gasteiger partial charge in [-0.15, -0.1) is 0 Å². The molecule has 0 saturated carbocycles. The van der Waals surface area contributed by atoms with E-state index < -0.39 is 72.9 Å². The van der Waals surface area contributed by atoms with Crippen LogP contribution in [0.3, 0.4) is 0 Å². The zero-order valence-electron chi connectivity index (χ0n) is 34.0. The Labute approximate surface area is 354 Å². The minimum atomic E-state index is -1.31. The minimum Gasteiger partial charge on any atom is -0.463 e. The molecule has 0 aromatic heterocycles. The van der Waals surface area contributed by atoms with Crippen molar-refractivity contribution in [3.05, 3.63) is 101 Å². The quantitative estimate of drug-likeness (QED) is 0.117. The highest BCUT2D eigenvalue weighted by atomic mass is 32.1. The van der Waals surface area contributed by atoms with Crippen molar-refractivity contribution in [3.63, 3.8) is 0 Å². The van der Waals surface area contributed by atoms with E-state index in [4.69, 9.17) is 45.4 Å². The molecular formula is C44H52N2O13S. The summed E-state index contributed by atoms with van der Waals surface area (Å²) in [6.45, 7) is 6.10. The average Bonchev–Trinajstić information content (AvgIpc) is 3.62. The fourth-order valence-electron chi connectivity index (χ4n) is 8.04. The first kappa shape index (κ1) is 44.7. The van der Waals surface area contributed by atoms with Crippen LogP contribution in [-0.4, -0.2) is 113 Å². The molecule has 6 rings (SSSR count). The van der Waals surface area contributed by atoms with Crippen molar-refractivity contribution in [1.29, 1.82) is 0 Å². The van der Waals surface area contributed by atoms with Gasteiger partial charge in [0.05, 0.1) is 29.9 Å². The molecule has 0 bridgehead atoms. The number of likely N-dealkylation sites (tertiary alicyclic amines) is 1. The predicted molar refractivity (Wildman–Crippen MR) is 219 cm³/mol. The molecule has 0 spiro atoms. The van der Waals surface area contributed by atoms with Crippen molar-refractivity contribution >= 4 is 46.8 Å². The van der Waals surface area contributed by atoms with Crippen LogP contribution in [0.25, 0.3) is 0 Å². The van der Waals surface area contributed by atoms with E-state index >= 15 is 0 Å². The normalized spacial score (nSPS) is 28.0.